The Labute approximate surface area is 147 Å². The van der Waals surface area contributed by atoms with Gasteiger partial charge < -0.3 is 19.9 Å². The van der Waals surface area contributed by atoms with E-state index in [9.17, 15) is 19.5 Å². The molecule has 0 fully saturated rings. The number of methoxy groups -OCH3 is 1. The highest BCUT2D eigenvalue weighted by atomic mass is 35.5. The maximum Gasteiger partial charge on any atom is 0.339 e. The predicted molar refractivity (Wildman–Crippen MR) is 90.4 cm³/mol. The zero-order valence-electron chi connectivity index (χ0n) is 13.4. The second-order valence-electron chi connectivity index (χ2n) is 5.04. The molecule has 2 rings (SSSR count). The van der Waals surface area contributed by atoms with Crippen molar-refractivity contribution in [2.75, 3.05) is 19.0 Å². The summed E-state index contributed by atoms with van der Waals surface area (Å²) in [6.45, 7) is 1.17. The summed E-state index contributed by atoms with van der Waals surface area (Å²) < 4.78 is 9.95. The molecule has 0 bridgehead atoms. The van der Waals surface area contributed by atoms with Gasteiger partial charge in [0.05, 0.1) is 18.4 Å². The van der Waals surface area contributed by atoms with Crippen LogP contribution in [0.4, 0.5) is 5.69 Å². The SMILES string of the molecule is COc1cc(Cl)c(C)cc1NC(=O)COC(=O)c1cc(O)[nH]c(=O)c1. The topological polar surface area (TPSA) is 118 Å². The summed E-state index contributed by atoms with van der Waals surface area (Å²) in [5, 5.41) is 12.3. The van der Waals surface area contributed by atoms with E-state index in [0.717, 1.165) is 17.7 Å². The molecule has 0 aliphatic rings. The van der Waals surface area contributed by atoms with Gasteiger partial charge in [0.1, 0.15) is 5.75 Å². The third kappa shape index (κ3) is 4.74. The molecule has 8 nitrogen and oxygen atoms in total. The number of hydrogen-bond donors (Lipinski definition) is 3. The Morgan fingerprint density at radius 3 is 2.64 bits per heavy atom. The summed E-state index contributed by atoms with van der Waals surface area (Å²) in [5.74, 6) is -1.65. The van der Waals surface area contributed by atoms with E-state index in [1.165, 1.54) is 7.11 Å². The molecule has 25 heavy (non-hydrogen) atoms. The summed E-state index contributed by atoms with van der Waals surface area (Å²) in [6, 6.07) is 5.14. The first-order chi connectivity index (χ1) is 11.8. The quantitative estimate of drug-likeness (QED) is 0.695. The number of H-pyrrole nitrogens is 1. The van der Waals surface area contributed by atoms with E-state index >= 15 is 0 Å². The Hall–Kier alpha value is -3.00. The Kier molecular flexibility index (Phi) is 5.66. The van der Waals surface area contributed by atoms with Crippen LogP contribution < -0.4 is 15.6 Å². The van der Waals surface area contributed by atoms with Crippen LogP contribution >= 0.6 is 11.6 Å². The highest BCUT2D eigenvalue weighted by Gasteiger charge is 2.14. The standard InChI is InChI=1S/C16H15ClN2O6/c1-8-3-11(12(24-2)6-10(8)17)18-15(22)7-25-16(23)9-4-13(20)19-14(21)5-9/h3-6H,7H2,1-2H3,(H,18,22)(H2,19,20,21). The van der Waals surface area contributed by atoms with Gasteiger partial charge in [0, 0.05) is 23.2 Å². The van der Waals surface area contributed by atoms with Crippen LogP contribution in [0.1, 0.15) is 15.9 Å². The van der Waals surface area contributed by atoms with Crippen LogP contribution in [0.15, 0.2) is 29.1 Å². The van der Waals surface area contributed by atoms with Crippen molar-refractivity contribution >= 4 is 29.2 Å². The smallest absolute Gasteiger partial charge is 0.339 e. The van der Waals surface area contributed by atoms with Crippen LogP contribution in [0.5, 0.6) is 11.6 Å². The number of rotatable bonds is 5. The number of benzene rings is 1. The molecule has 0 radical (unpaired) electrons. The summed E-state index contributed by atoms with van der Waals surface area (Å²) >= 11 is 5.99. The summed E-state index contributed by atoms with van der Waals surface area (Å²) in [4.78, 5) is 37.0. The van der Waals surface area contributed by atoms with Gasteiger partial charge in [0.2, 0.25) is 0 Å². The van der Waals surface area contributed by atoms with E-state index in [4.69, 9.17) is 21.1 Å². The van der Waals surface area contributed by atoms with Gasteiger partial charge >= 0.3 is 5.97 Å². The molecule has 1 heterocycles. The number of carbonyl (C=O) groups excluding carboxylic acids is 2. The van der Waals surface area contributed by atoms with Crippen LogP contribution in [0.25, 0.3) is 0 Å². The fraction of sp³-hybridized carbons (Fsp3) is 0.188. The lowest BCUT2D eigenvalue weighted by Gasteiger charge is -2.12. The van der Waals surface area contributed by atoms with E-state index < -0.39 is 29.9 Å². The number of halogens is 1. The molecule has 0 saturated heterocycles. The van der Waals surface area contributed by atoms with Crippen molar-refractivity contribution in [3.63, 3.8) is 0 Å². The first kappa shape index (κ1) is 18.3. The number of anilines is 1. The third-order valence-corrected chi connectivity index (χ3v) is 3.56. The largest absolute Gasteiger partial charge is 0.495 e. The van der Waals surface area contributed by atoms with Crippen LogP contribution in [0.3, 0.4) is 0 Å². The minimum absolute atomic E-state index is 0.172. The van der Waals surface area contributed by atoms with E-state index in [0.29, 0.717) is 16.5 Å². The summed E-state index contributed by atoms with van der Waals surface area (Å²) in [6.07, 6.45) is 0. The molecule has 9 heteroatoms. The highest BCUT2D eigenvalue weighted by Crippen LogP contribution is 2.30. The Morgan fingerprint density at radius 1 is 1.28 bits per heavy atom. The Morgan fingerprint density at radius 2 is 2.00 bits per heavy atom. The fourth-order valence-corrected chi connectivity index (χ4v) is 2.13. The first-order valence-electron chi connectivity index (χ1n) is 7.04. The lowest BCUT2D eigenvalue weighted by molar-refractivity contribution is -0.119. The lowest BCUT2D eigenvalue weighted by Crippen LogP contribution is -2.22. The average Bonchev–Trinajstić information content (AvgIpc) is 2.54. The molecular weight excluding hydrogens is 352 g/mol. The van der Waals surface area contributed by atoms with Gasteiger partial charge in [-0.25, -0.2) is 4.79 Å². The molecule has 0 aliphatic heterocycles. The predicted octanol–water partition coefficient (Wildman–Crippen LogP) is 1.85. The van der Waals surface area contributed by atoms with Crippen molar-refractivity contribution in [3.05, 3.63) is 50.8 Å². The van der Waals surface area contributed by atoms with Gasteiger partial charge in [0.15, 0.2) is 12.5 Å². The number of aromatic amines is 1. The van der Waals surface area contributed by atoms with Crippen LogP contribution in [-0.4, -0.2) is 35.7 Å². The van der Waals surface area contributed by atoms with Gasteiger partial charge in [-0.2, -0.15) is 0 Å². The van der Waals surface area contributed by atoms with Gasteiger partial charge in [-0.05, 0) is 18.6 Å². The molecule has 0 atom stereocenters. The second-order valence-corrected chi connectivity index (χ2v) is 5.45. The average molecular weight is 367 g/mol. The van der Waals surface area contributed by atoms with E-state index in [1.807, 2.05) is 0 Å². The minimum Gasteiger partial charge on any atom is -0.495 e. The zero-order chi connectivity index (χ0) is 18.6. The van der Waals surface area contributed by atoms with Crippen LogP contribution in [0, 0.1) is 6.92 Å². The van der Waals surface area contributed by atoms with Crippen molar-refractivity contribution in [1.82, 2.24) is 4.98 Å². The second kappa shape index (κ2) is 7.71. The van der Waals surface area contributed by atoms with Gasteiger partial charge in [0.25, 0.3) is 11.5 Å². The number of aryl methyl sites for hydroxylation is 1. The van der Waals surface area contributed by atoms with Crippen LogP contribution in [-0.2, 0) is 9.53 Å². The molecular formula is C16H15ClN2O6. The number of aromatic nitrogens is 1. The molecule has 1 aromatic carbocycles. The number of carbonyl (C=O) groups is 2. The molecule has 0 saturated carbocycles. The minimum atomic E-state index is -0.921. The molecule has 3 N–H and O–H groups in total. The van der Waals surface area contributed by atoms with Crippen molar-refractivity contribution in [2.45, 2.75) is 6.92 Å². The number of aromatic hydroxyl groups is 1. The number of hydrogen-bond acceptors (Lipinski definition) is 6. The molecule has 1 amide bonds. The lowest BCUT2D eigenvalue weighted by atomic mass is 10.2. The zero-order valence-corrected chi connectivity index (χ0v) is 14.1. The summed E-state index contributed by atoms with van der Waals surface area (Å²) in [5.41, 5.74) is 0.264. The van der Waals surface area contributed by atoms with Crippen LogP contribution in [0.2, 0.25) is 5.02 Å². The van der Waals surface area contributed by atoms with Gasteiger partial charge in [-0.15, -0.1) is 0 Å². The summed E-state index contributed by atoms with van der Waals surface area (Å²) in [7, 11) is 1.43. The molecule has 1 aromatic heterocycles. The maximum atomic E-state index is 12.0. The van der Waals surface area contributed by atoms with E-state index in [1.54, 1.807) is 19.1 Å². The van der Waals surface area contributed by atoms with Crippen molar-refractivity contribution in [2.24, 2.45) is 0 Å². The Bertz CT molecular complexity index is 877. The molecule has 2 aromatic rings. The fourth-order valence-electron chi connectivity index (χ4n) is 1.98. The third-order valence-electron chi connectivity index (χ3n) is 3.15. The van der Waals surface area contributed by atoms with Crippen molar-refractivity contribution in [3.8, 4) is 11.6 Å². The van der Waals surface area contributed by atoms with E-state index in [2.05, 4.69) is 10.3 Å². The van der Waals surface area contributed by atoms with Crippen molar-refractivity contribution in [1.29, 1.82) is 0 Å². The Balaban J connectivity index is 2.02. The molecule has 132 valence electrons. The monoisotopic (exact) mass is 366 g/mol. The molecule has 0 spiro atoms. The van der Waals surface area contributed by atoms with Gasteiger partial charge in [-0.3, -0.25) is 14.6 Å². The first-order valence-corrected chi connectivity index (χ1v) is 7.42. The number of amides is 1. The normalized spacial score (nSPS) is 10.2. The van der Waals surface area contributed by atoms with E-state index in [-0.39, 0.29) is 5.56 Å². The number of esters is 1. The highest BCUT2D eigenvalue weighted by molar-refractivity contribution is 6.31. The number of ether oxygens (including phenoxy) is 2. The van der Waals surface area contributed by atoms with Gasteiger partial charge in [-0.1, -0.05) is 11.6 Å². The number of nitrogens with one attached hydrogen (secondary N) is 2. The molecule has 0 aliphatic carbocycles. The maximum absolute atomic E-state index is 12.0. The molecule has 0 unspecified atom stereocenters. The number of pyridine rings is 1. The van der Waals surface area contributed by atoms with Crippen molar-refractivity contribution < 1.29 is 24.2 Å².